The molecule has 32 heavy (non-hydrogen) atoms. The van der Waals surface area contributed by atoms with Crippen LogP contribution in [0.15, 0.2) is 0 Å². The second-order valence-corrected chi connectivity index (χ2v) is 8.45. The lowest BCUT2D eigenvalue weighted by Crippen LogP contribution is -2.74. The van der Waals surface area contributed by atoms with Gasteiger partial charge in [-0.3, -0.25) is 0 Å². The summed E-state index contributed by atoms with van der Waals surface area (Å²) in [5.74, 6) is -47.2. The van der Waals surface area contributed by atoms with E-state index < -0.39 is 69.4 Å². The van der Waals surface area contributed by atoms with Gasteiger partial charge in [-0.1, -0.05) is 0 Å². The summed E-state index contributed by atoms with van der Waals surface area (Å²) in [6, 6.07) is 0. The van der Waals surface area contributed by atoms with Gasteiger partial charge in [0.1, 0.15) is 0 Å². The normalized spacial score (nSPS) is 16.1. The van der Waals surface area contributed by atoms with E-state index in [1.165, 1.54) is 0 Å². The summed E-state index contributed by atoms with van der Waals surface area (Å²) in [4.78, 5) is 0. The van der Waals surface area contributed by atoms with Crippen molar-refractivity contribution < 1.29 is 83.5 Å². The van der Waals surface area contributed by atoms with Gasteiger partial charge >= 0.3 is 56.5 Å². The molecule has 0 fully saturated rings. The number of hydrogen-bond donors (Lipinski definition) is 0. The highest BCUT2D eigenvalue weighted by molar-refractivity contribution is 6.48. The maximum absolute atomic E-state index is 13.6. The Kier molecular flexibility index (Phi) is 8.34. The first-order valence-electron chi connectivity index (χ1n) is 7.50. The molecule has 0 rings (SSSR count). The molecule has 0 radical (unpaired) electrons. The van der Waals surface area contributed by atoms with E-state index in [-0.39, 0.29) is 14.2 Å². The Morgan fingerprint density at radius 3 is 1.09 bits per heavy atom. The molecule has 0 aliphatic heterocycles. The molecule has 0 saturated carbocycles. The minimum atomic E-state index is -8.36. The van der Waals surface area contributed by atoms with E-state index in [0.717, 1.165) is 0 Å². The second-order valence-electron chi connectivity index (χ2n) is 6.12. The zero-order chi connectivity index (χ0) is 26.4. The first-order valence-corrected chi connectivity index (χ1v) is 9.02. The molecule has 20 heteroatoms. The van der Waals surface area contributed by atoms with Crippen LogP contribution in [0.25, 0.3) is 0 Å². The molecule has 0 amide bonds. The minimum Gasteiger partial charge on any atom is -0.396 e. The van der Waals surface area contributed by atoms with E-state index in [4.69, 9.17) is 0 Å². The molecule has 0 heterocycles. The van der Waals surface area contributed by atoms with Crippen LogP contribution in [-0.2, 0) is 8.85 Å². The smallest absolute Gasteiger partial charge is 0.396 e. The van der Waals surface area contributed by atoms with E-state index in [9.17, 15) is 74.6 Å². The van der Waals surface area contributed by atoms with Gasteiger partial charge in [0, 0.05) is 27.1 Å². The molecule has 2 nitrogen and oxygen atoms in total. The van der Waals surface area contributed by atoms with E-state index in [2.05, 4.69) is 8.85 Å². The molecule has 0 atom stereocenters. The van der Waals surface area contributed by atoms with Crippen LogP contribution in [-0.4, -0.2) is 70.8 Å². The van der Waals surface area contributed by atoms with E-state index >= 15 is 0 Å². The third-order valence-electron chi connectivity index (χ3n) is 3.90. The monoisotopic (exact) mass is 538 g/mol. The van der Waals surface area contributed by atoms with Gasteiger partial charge in [-0.2, -0.15) is 74.6 Å². The third-order valence-corrected chi connectivity index (χ3v) is 5.71. The lowest BCUT2D eigenvalue weighted by atomic mass is 9.90. The summed E-state index contributed by atoms with van der Waals surface area (Å²) in [5, 5.41) is 0. The molecule has 0 aromatic rings. The van der Waals surface area contributed by atoms with E-state index in [0.29, 0.717) is 0 Å². The molecular weight excluding hydrogens is 527 g/mol. The highest BCUT2D eigenvalue weighted by Gasteiger charge is 2.93. The molecule has 0 bridgehead atoms. The Morgan fingerprint density at radius 1 is 0.469 bits per heavy atom. The van der Waals surface area contributed by atoms with Crippen LogP contribution in [0.5, 0.6) is 0 Å². The fraction of sp³-hybridized carbons (Fsp3) is 1.00. The largest absolute Gasteiger partial charge is 0.406 e. The van der Waals surface area contributed by atoms with Crippen LogP contribution in [0.1, 0.15) is 12.8 Å². The van der Waals surface area contributed by atoms with Crippen molar-refractivity contribution in [3.8, 4) is 0 Å². The van der Waals surface area contributed by atoms with E-state index in [1.807, 2.05) is 0 Å². The topological polar surface area (TPSA) is 18.5 Å². The SMILES string of the molecule is CO[SiH](OC)C(F)(F)C(F)(F)C(F)(F)C(F)(F)C(F)(F)C(F)(F)C(F)(F)CCC(F)(F)F. The maximum atomic E-state index is 13.6. The quantitative estimate of drug-likeness (QED) is 0.244. The predicted molar refractivity (Wildman–Crippen MR) is 71.1 cm³/mol. The molecule has 0 spiro atoms. The summed E-state index contributed by atoms with van der Waals surface area (Å²) in [5.41, 5.74) is -6.52. The molecule has 0 aromatic carbocycles. The Labute approximate surface area is 168 Å². The number of rotatable bonds is 11. The molecule has 0 aliphatic rings. The fourth-order valence-electron chi connectivity index (χ4n) is 2.03. The van der Waals surface area contributed by atoms with Crippen LogP contribution in [0.2, 0.25) is 0 Å². The van der Waals surface area contributed by atoms with Crippen molar-refractivity contribution in [1.82, 2.24) is 0 Å². The van der Waals surface area contributed by atoms with Crippen molar-refractivity contribution in [1.29, 1.82) is 0 Å². The Bertz CT molecular complexity index is 640. The lowest BCUT2D eigenvalue weighted by Gasteiger charge is -2.43. The summed E-state index contributed by atoms with van der Waals surface area (Å²) in [6.07, 6.45) is -12.1. The van der Waals surface area contributed by atoms with Gasteiger partial charge in [0.25, 0.3) is 0 Å². The molecule has 0 unspecified atom stereocenters. The van der Waals surface area contributed by atoms with Gasteiger partial charge in [0.05, 0.1) is 0 Å². The average molecular weight is 538 g/mol. The van der Waals surface area contributed by atoms with Crippen LogP contribution in [0.3, 0.4) is 0 Å². The molecule has 0 saturated heterocycles. The highest BCUT2D eigenvalue weighted by Crippen LogP contribution is 2.63. The standard InChI is InChI=1S/C12H11F17O2Si/c1-30-32(31-2)12(28,29)11(26,27)10(24,25)9(22,23)8(20,21)7(18,19)5(13,14)3-4-6(15,16)17/h32H,3-4H2,1-2H3. The van der Waals surface area contributed by atoms with E-state index in [1.54, 1.807) is 0 Å². The summed E-state index contributed by atoms with van der Waals surface area (Å²) < 4.78 is 232. The number of alkyl halides is 17. The van der Waals surface area contributed by atoms with Crippen LogP contribution in [0, 0.1) is 0 Å². The molecule has 0 aromatic heterocycles. The third kappa shape index (κ3) is 4.62. The summed E-state index contributed by atoms with van der Waals surface area (Å²) in [7, 11) is -5.23. The fourth-order valence-corrected chi connectivity index (χ4v) is 3.29. The number of hydrogen-bond acceptors (Lipinski definition) is 2. The predicted octanol–water partition coefficient (Wildman–Crippen LogP) is 5.83. The van der Waals surface area contributed by atoms with Crippen LogP contribution in [0.4, 0.5) is 74.6 Å². The van der Waals surface area contributed by atoms with Gasteiger partial charge in [0.15, 0.2) is 0 Å². The first kappa shape index (κ1) is 30.9. The van der Waals surface area contributed by atoms with Gasteiger partial charge in [0.2, 0.25) is 0 Å². The zero-order valence-corrected chi connectivity index (χ0v) is 16.4. The van der Waals surface area contributed by atoms with Crippen molar-refractivity contribution in [3.63, 3.8) is 0 Å². The second kappa shape index (κ2) is 8.62. The zero-order valence-electron chi connectivity index (χ0n) is 15.2. The summed E-state index contributed by atoms with van der Waals surface area (Å²) in [6.45, 7) is 0. The van der Waals surface area contributed by atoms with Gasteiger partial charge in [-0.05, 0) is 0 Å². The van der Waals surface area contributed by atoms with Crippen molar-refractivity contribution >= 4 is 9.28 Å². The maximum Gasteiger partial charge on any atom is 0.406 e. The van der Waals surface area contributed by atoms with Crippen LogP contribution >= 0.6 is 0 Å². The average Bonchev–Trinajstić information content (AvgIpc) is 2.59. The first-order chi connectivity index (χ1) is 13.7. The van der Waals surface area contributed by atoms with Crippen molar-refractivity contribution in [2.75, 3.05) is 14.2 Å². The van der Waals surface area contributed by atoms with Crippen LogP contribution < -0.4 is 0 Å². The van der Waals surface area contributed by atoms with Crippen molar-refractivity contribution in [2.45, 2.75) is 60.1 Å². The highest BCUT2D eigenvalue weighted by atomic mass is 28.3. The summed E-state index contributed by atoms with van der Waals surface area (Å²) >= 11 is 0. The van der Waals surface area contributed by atoms with Crippen molar-refractivity contribution in [3.05, 3.63) is 0 Å². The lowest BCUT2D eigenvalue weighted by molar-refractivity contribution is -0.437. The minimum absolute atomic E-state index is 0.116. The van der Waals surface area contributed by atoms with Crippen molar-refractivity contribution in [2.24, 2.45) is 0 Å². The van der Waals surface area contributed by atoms with Gasteiger partial charge in [-0.25, -0.2) is 0 Å². The Balaban J connectivity index is 6.54. The number of halogens is 17. The molecule has 0 N–H and O–H groups in total. The van der Waals surface area contributed by atoms with Gasteiger partial charge < -0.3 is 8.85 Å². The molecule has 0 aliphatic carbocycles. The molecular formula is C12H11F17O2Si. The molecule has 194 valence electrons. The van der Waals surface area contributed by atoms with Gasteiger partial charge in [-0.15, -0.1) is 0 Å². The Hall–Kier alpha value is -1.05. The Morgan fingerprint density at radius 2 is 0.781 bits per heavy atom.